The van der Waals surface area contributed by atoms with Crippen LogP contribution in [-0.4, -0.2) is 14.5 Å². The standard InChI is InChI=1S/C14H12Br4/c15-9-6-8(7-4-2-1-3-5-7)10-13(17)11(12(9)16)14(10)18/h1-6,8,10-14H/t8-,10?,11?,12+,13+,14?/m1/s1. The average molecular weight is 500 g/mol. The molecule has 96 valence electrons. The first-order chi connectivity index (χ1) is 8.61. The molecule has 0 amide bonds. The van der Waals surface area contributed by atoms with E-state index in [4.69, 9.17) is 0 Å². The molecule has 0 N–H and O–H groups in total. The fraction of sp³-hybridized carbons (Fsp3) is 0.429. The Labute approximate surface area is 141 Å². The first kappa shape index (κ1) is 13.8. The molecule has 0 nitrogen and oxygen atoms in total. The Morgan fingerprint density at radius 3 is 2.06 bits per heavy atom. The molecule has 0 aromatic heterocycles. The van der Waals surface area contributed by atoms with Crippen molar-refractivity contribution in [1.29, 1.82) is 0 Å². The third-order valence-corrected chi connectivity index (χ3v) is 8.93. The zero-order valence-corrected chi connectivity index (χ0v) is 15.8. The topological polar surface area (TPSA) is 0 Å². The number of benzene rings is 1. The maximum Gasteiger partial charge on any atom is 0.0508 e. The Hall–Kier alpha value is 0.880. The third kappa shape index (κ3) is 2.11. The van der Waals surface area contributed by atoms with Crippen LogP contribution in [0, 0.1) is 11.8 Å². The zero-order chi connectivity index (χ0) is 12.9. The van der Waals surface area contributed by atoms with Crippen molar-refractivity contribution in [1.82, 2.24) is 0 Å². The maximum absolute atomic E-state index is 3.89. The van der Waals surface area contributed by atoms with Crippen molar-refractivity contribution < 1.29 is 0 Å². The summed E-state index contributed by atoms with van der Waals surface area (Å²) in [5, 5.41) is 0. The highest BCUT2D eigenvalue weighted by atomic mass is 79.9. The lowest BCUT2D eigenvalue weighted by Crippen LogP contribution is -2.53. The summed E-state index contributed by atoms with van der Waals surface area (Å²) < 4.78 is 1.27. The van der Waals surface area contributed by atoms with E-state index in [-0.39, 0.29) is 0 Å². The molecule has 3 aliphatic carbocycles. The summed E-state index contributed by atoms with van der Waals surface area (Å²) in [7, 11) is 0. The second kappa shape index (κ2) is 5.34. The molecule has 0 radical (unpaired) electrons. The summed E-state index contributed by atoms with van der Waals surface area (Å²) in [5.74, 6) is 1.69. The predicted molar refractivity (Wildman–Crippen MR) is 91.3 cm³/mol. The lowest BCUT2D eigenvalue weighted by atomic mass is 9.67. The quantitative estimate of drug-likeness (QED) is 0.441. The number of hydrogen-bond acceptors (Lipinski definition) is 0. The number of hydrogen-bond donors (Lipinski definition) is 0. The van der Waals surface area contributed by atoms with Crippen molar-refractivity contribution >= 4 is 63.7 Å². The molecule has 0 saturated heterocycles. The second-order valence-electron chi connectivity index (χ2n) is 4.93. The van der Waals surface area contributed by atoms with E-state index < -0.39 is 0 Å². The Balaban J connectivity index is 2.03. The molecule has 3 aliphatic rings. The number of halogens is 4. The van der Waals surface area contributed by atoms with E-state index in [1.807, 2.05) is 0 Å². The average Bonchev–Trinajstić information content (AvgIpc) is 2.54. The van der Waals surface area contributed by atoms with E-state index in [1.165, 1.54) is 10.0 Å². The van der Waals surface area contributed by atoms with Gasteiger partial charge in [0, 0.05) is 26.0 Å². The Kier molecular flexibility index (Phi) is 4.11. The van der Waals surface area contributed by atoms with Gasteiger partial charge in [-0.2, -0.15) is 0 Å². The fourth-order valence-electron chi connectivity index (χ4n) is 2.99. The van der Waals surface area contributed by atoms with Gasteiger partial charge in [-0.25, -0.2) is 0 Å². The van der Waals surface area contributed by atoms with Crippen LogP contribution >= 0.6 is 63.7 Å². The summed E-state index contributed by atoms with van der Waals surface area (Å²) in [6.45, 7) is 0. The lowest BCUT2D eigenvalue weighted by molar-refractivity contribution is 0.233. The van der Waals surface area contributed by atoms with Crippen molar-refractivity contribution in [2.24, 2.45) is 11.8 Å². The summed E-state index contributed by atoms with van der Waals surface area (Å²) in [6, 6.07) is 10.8. The van der Waals surface area contributed by atoms with E-state index in [0.717, 1.165) is 0 Å². The van der Waals surface area contributed by atoms with Gasteiger partial charge in [-0.1, -0.05) is 100 Å². The van der Waals surface area contributed by atoms with Crippen LogP contribution in [0.5, 0.6) is 0 Å². The highest BCUT2D eigenvalue weighted by Gasteiger charge is 2.55. The van der Waals surface area contributed by atoms with Crippen LogP contribution in [0.3, 0.4) is 0 Å². The van der Waals surface area contributed by atoms with E-state index >= 15 is 0 Å². The Bertz CT molecular complexity index is 460. The normalized spacial score (nSPS) is 42.8. The van der Waals surface area contributed by atoms with Gasteiger partial charge in [0.25, 0.3) is 0 Å². The SMILES string of the molecule is BrC1=C[C@H](c2ccccc2)C2C(Br)C([C@H]2Br)[C@H]1Br. The number of allylic oxidation sites excluding steroid dienone is 2. The van der Waals surface area contributed by atoms with Gasteiger partial charge in [-0.3, -0.25) is 0 Å². The van der Waals surface area contributed by atoms with Gasteiger partial charge in [0.05, 0.1) is 4.83 Å². The summed E-state index contributed by atoms with van der Waals surface area (Å²) >= 11 is 15.3. The minimum atomic E-state index is 0.399. The van der Waals surface area contributed by atoms with Crippen molar-refractivity contribution in [3.05, 3.63) is 46.5 Å². The van der Waals surface area contributed by atoms with Gasteiger partial charge in [0.2, 0.25) is 0 Å². The van der Waals surface area contributed by atoms with Gasteiger partial charge in [0.15, 0.2) is 0 Å². The van der Waals surface area contributed by atoms with E-state index in [1.54, 1.807) is 0 Å². The maximum atomic E-state index is 3.89. The van der Waals surface area contributed by atoms with Gasteiger partial charge in [-0.15, -0.1) is 0 Å². The van der Waals surface area contributed by atoms with Crippen LogP contribution in [0.1, 0.15) is 11.5 Å². The molecule has 4 rings (SSSR count). The minimum Gasteiger partial charge on any atom is -0.0883 e. The Morgan fingerprint density at radius 2 is 1.44 bits per heavy atom. The number of rotatable bonds is 1. The summed E-state index contributed by atoms with van der Waals surface area (Å²) in [6.07, 6.45) is 2.37. The molecule has 1 aromatic carbocycles. The molecule has 6 atom stereocenters. The van der Waals surface area contributed by atoms with Crippen molar-refractivity contribution in [3.8, 4) is 0 Å². The molecule has 2 bridgehead atoms. The molecule has 1 aromatic rings. The first-order valence-corrected chi connectivity index (χ1v) is 9.49. The molecular formula is C14H12Br4. The number of alkyl halides is 3. The highest BCUT2D eigenvalue weighted by molar-refractivity contribution is 9.14. The smallest absolute Gasteiger partial charge is 0.0508 e. The summed E-state index contributed by atoms with van der Waals surface area (Å²) in [4.78, 5) is 1.52. The first-order valence-electron chi connectivity index (χ1n) is 5.95. The van der Waals surface area contributed by atoms with Crippen molar-refractivity contribution in [2.75, 3.05) is 0 Å². The van der Waals surface area contributed by atoms with Gasteiger partial charge >= 0.3 is 0 Å². The highest BCUT2D eigenvalue weighted by Crippen LogP contribution is 2.58. The van der Waals surface area contributed by atoms with Gasteiger partial charge < -0.3 is 0 Å². The lowest BCUT2D eigenvalue weighted by Gasteiger charge is -2.49. The molecule has 0 aliphatic heterocycles. The molecule has 3 unspecified atom stereocenters. The predicted octanol–water partition coefficient (Wildman–Crippen LogP) is 5.60. The van der Waals surface area contributed by atoms with E-state index in [9.17, 15) is 0 Å². The van der Waals surface area contributed by atoms with Gasteiger partial charge in [-0.05, 0) is 11.5 Å². The zero-order valence-electron chi connectivity index (χ0n) is 9.44. The summed E-state index contributed by atoms with van der Waals surface area (Å²) in [5.41, 5.74) is 1.40. The molecule has 18 heavy (non-hydrogen) atoms. The molecule has 1 saturated carbocycles. The monoisotopic (exact) mass is 496 g/mol. The van der Waals surface area contributed by atoms with Crippen molar-refractivity contribution in [3.63, 3.8) is 0 Å². The minimum absolute atomic E-state index is 0.399. The van der Waals surface area contributed by atoms with E-state index in [2.05, 4.69) is 100 Å². The van der Waals surface area contributed by atoms with E-state index in [0.29, 0.717) is 32.2 Å². The second-order valence-corrected chi connectivity index (χ2v) is 8.95. The molecule has 0 spiro atoms. The molecule has 1 fully saturated rings. The van der Waals surface area contributed by atoms with Crippen LogP contribution < -0.4 is 0 Å². The van der Waals surface area contributed by atoms with Crippen LogP contribution in [0.15, 0.2) is 40.9 Å². The third-order valence-electron chi connectivity index (χ3n) is 4.01. The van der Waals surface area contributed by atoms with Crippen molar-refractivity contribution in [2.45, 2.75) is 20.4 Å². The van der Waals surface area contributed by atoms with Crippen LogP contribution in [0.25, 0.3) is 0 Å². The van der Waals surface area contributed by atoms with Crippen LogP contribution in [0.4, 0.5) is 0 Å². The molecule has 0 heterocycles. The fourth-order valence-corrected chi connectivity index (χ4v) is 8.61. The Morgan fingerprint density at radius 1 is 0.833 bits per heavy atom. The largest absolute Gasteiger partial charge is 0.0883 e. The molecule has 4 heteroatoms. The van der Waals surface area contributed by atoms with Crippen LogP contribution in [-0.2, 0) is 0 Å². The van der Waals surface area contributed by atoms with Gasteiger partial charge in [0.1, 0.15) is 0 Å². The van der Waals surface area contributed by atoms with Crippen LogP contribution in [0.2, 0.25) is 0 Å². The number of fused-ring (bicyclic) bond motifs is 2. The molecular weight excluding hydrogens is 488 g/mol.